The van der Waals surface area contributed by atoms with E-state index in [-0.39, 0.29) is 0 Å². The van der Waals surface area contributed by atoms with Crippen LogP contribution in [0.2, 0.25) is 0 Å². The van der Waals surface area contributed by atoms with Gasteiger partial charge in [0.15, 0.2) is 0 Å². The largest absolute Gasteiger partial charge is 0.508 e. The van der Waals surface area contributed by atoms with Crippen LogP contribution in [0.1, 0.15) is 25.0 Å². The number of nitrogens with zero attached hydrogens (tertiary/aromatic N) is 6. The van der Waals surface area contributed by atoms with Crippen LogP contribution in [-0.4, -0.2) is 48.9 Å². The summed E-state index contributed by atoms with van der Waals surface area (Å²) in [4.78, 5) is 14.2. The van der Waals surface area contributed by atoms with Crippen molar-refractivity contribution in [2.24, 2.45) is 7.05 Å². The van der Waals surface area contributed by atoms with E-state index in [9.17, 15) is 5.11 Å². The maximum Gasteiger partial charge on any atom is 0.122 e. The van der Waals surface area contributed by atoms with Crippen molar-refractivity contribution in [1.82, 2.24) is 24.6 Å². The predicted octanol–water partition coefficient (Wildman–Crippen LogP) is 4.41. The summed E-state index contributed by atoms with van der Waals surface area (Å²) in [7, 11) is 1.89. The Hall–Kier alpha value is -3.45. The van der Waals surface area contributed by atoms with Gasteiger partial charge in [0, 0.05) is 61.4 Å². The molecule has 0 fully saturated rings. The van der Waals surface area contributed by atoms with Crippen LogP contribution in [0.5, 0.6) is 5.75 Å². The van der Waals surface area contributed by atoms with Gasteiger partial charge in [-0.05, 0) is 56.7 Å². The Morgan fingerprint density at radius 3 is 2.62 bits per heavy atom. The van der Waals surface area contributed by atoms with Gasteiger partial charge in [0.25, 0.3) is 0 Å². The van der Waals surface area contributed by atoms with E-state index in [0.29, 0.717) is 11.8 Å². The van der Waals surface area contributed by atoms with Gasteiger partial charge in [-0.1, -0.05) is 0 Å². The SMILES string of the molecule is Cc1cc(O)c2c(c1)N(c1ccc3ncc(-c4cnn(C)c4)nc3c1)CCN(C(C)C)C2. The zero-order valence-corrected chi connectivity index (χ0v) is 18.9. The van der Waals surface area contributed by atoms with E-state index < -0.39 is 0 Å². The molecule has 2 aromatic carbocycles. The maximum absolute atomic E-state index is 10.8. The first-order chi connectivity index (χ1) is 15.4. The van der Waals surface area contributed by atoms with Crippen LogP contribution in [0.4, 0.5) is 11.4 Å². The number of hydrogen-bond donors (Lipinski definition) is 1. The molecule has 2 aromatic heterocycles. The smallest absolute Gasteiger partial charge is 0.122 e. The molecule has 0 spiro atoms. The molecule has 1 aliphatic rings. The summed E-state index contributed by atoms with van der Waals surface area (Å²) in [5, 5.41) is 15.0. The molecule has 0 saturated heterocycles. The summed E-state index contributed by atoms with van der Waals surface area (Å²) in [5.41, 5.74) is 7.56. The number of phenolic OH excluding ortho intramolecular Hbond substituents is 1. The molecule has 1 N–H and O–H groups in total. The highest BCUT2D eigenvalue weighted by atomic mass is 16.3. The van der Waals surface area contributed by atoms with Crippen molar-refractivity contribution in [2.45, 2.75) is 33.4 Å². The molecule has 0 unspecified atom stereocenters. The lowest BCUT2D eigenvalue weighted by Crippen LogP contribution is -2.34. The quantitative estimate of drug-likeness (QED) is 0.521. The van der Waals surface area contributed by atoms with E-state index in [1.807, 2.05) is 32.3 Å². The van der Waals surface area contributed by atoms with Crippen molar-refractivity contribution in [3.8, 4) is 17.0 Å². The lowest BCUT2D eigenvalue weighted by atomic mass is 10.1. The van der Waals surface area contributed by atoms with Crippen LogP contribution in [-0.2, 0) is 13.6 Å². The molecule has 7 heteroatoms. The number of aryl methyl sites for hydroxylation is 2. The monoisotopic (exact) mass is 428 g/mol. The number of hydrogen-bond acceptors (Lipinski definition) is 6. The van der Waals surface area contributed by atoms with Gasteiger partial charge in [-0.25, -0.2) is 4.98 Å². The molecule has 0 saturated carbocycles. The van der Waals surface area contributed by atoms with E-state index in [0.717, 1.165) is 64.4 Å². The minimum Gasteiger partial charge on any atom is -0.508 e. The van der Waals surface area contributed by atoms with Gasteiger partial charge in [-0.15, -0.1) is 0 Å². The topological polar surface area (TPSA) is 70.3 Å². The Bertz CT molecular complexity index is 1300. The molecule has 0 atom stereocenters. The summed E-state index contributed by atoms with van der Waals surface area (Å²) < 4.78 is 1.76. The fourth-order valence-electron chi connectivity index (χ4n) is 4.38. The summed E-state index contributed by atoms with van der Waals surface area (Å²) >= 11 is 0. The number of aromatic hydroxyl groups is 1. The van der Waals surface area contributed by atoms with E-state index in [1.54, 1.807) is 17.1 Å². The molecule has 3 heterocycles. The van der Waals surface area contributed by atoms with Gasteiger partial charge >= 0.3 is 0 Å². The Morgan fingerprint density at radius 2 is 1.88 bits per heavy atom. The molecule has 164 valence electrons. The first-order valence-corrected chi connectivity index (χ1v) is 11.0. The second kappa shape index (κ2) is 7.91. The average Bonchev–Trinajstić information content (AvgIpc) is 3.10. The van der Waals surface area contributed by atoms with E-state index >= 15 is 0 Å². The van der Waals surface area contributed by atoms with Crippen molar-refractivity contribution in [2.75, 3.05) is 18.0 Å². The number of benzene rings is 2. The number of anilines is 2. The number of phenols is 1. The van der Waals surface area contributed by atoms with Crippen LogP contribution >= 0.6 is 0 Å². The lowest BCUT2D eigenvalue weighted by Gasteiger charge is -2.26. The summed E-state index contributed by atoms with van der Waals surface area (Å²) in [6, 6.07) is 10.6. The summed E-state index contributed by atoms with van der Waals surface area (Å²) in [6.45, 7) is 8.89. The minimum absolute atomic E-state index is 0.358. The first kappa shape index (κ1) is 20.5. The lowest BCUT2D eigenvalue weighted by molar-refractivity contribution is 0.221. The molecular formula is C25H28N6O. The molecule has 0 radical (unpaired) electrons. The van der Waals surface area contributed by atoms with Gasteiger partial charge in [-0.3, -0.25) is 14.6 Å². The standard InChI is InChI=1S/C25H28N6O/c1-16(2)30-7-8-31(24-9-17(3)10-25(32)20(24)15-30)19-5-6-21-22(11-19)28-23(13-26-21)18-12-27-29(4)14-18/h5-6,9-14,16,32H,7-8,15H2,1-4H3. The van der Waals surface area contributed by atoms with Gasteiger partial charge in [0.05, 0.1) is 29.1 Å². The zero-order chi connectivity index (χ0) is 22.4. The Kier molecular flexibility index (Phi) is 5.06. The highest BCUT2D eigenvalue weighted by Crippen LogP contribution is 2.38. The average molecular weight is 429 g/mol. The third kappa shape index (κ3) is 3.69. The van der Waals surface area contributed by atoms with Crippen LogP contribution in [0, 0.1) is 6.92 Å². The molecule has 32 heavy (non-hydrogen) atoms. The number of fused-ring (bicyclic) bond motifs is 2. The molecule has 1 aliphatic heterocycles. The summed E-state index contributed by atoms with van der Waals surface area (Å²) in [6.07, 6.45) is 5.54. The van der Waals surface area contributed by atoms with E-state index in [2.05, 4.69) is 51.9 Å². The molecule has 4 aromatic rings. The van der Waals surface area contributed by atoms with Crippen molar-refractivity contribution >= 4 is 22.4 Å². The number of aromatic nitrogens is 4. The van der Waals surface area contributed by atoms with Gasteiger partial charge in [-0.2, -0.15) is 5.10 Å². The normalized spacial score (nSPS) is 14.7. The molecule has 0 amide bonds. The van der Waals surface area contributed by atoms with Crippen molar-refractivity contribution in [3.05, 3.63) is 60.0 Å². The van der Waals surface area contributed by atoms with Crippen molar-refractivity contribution < 1.29 is 5.11 Å². The van der Waals surface area contributed by atoms with Crippen LogP contribution in [0.25, 0.3) is 22.3 Å². The van der Waals surface area contributed by atoms with Crippen LogP contribution < -0.4 is 4.90 Å². The van der Waals surface area contributed by atoms with E-state index in [4.69, 9.17) is 4.98 Å². The van der Waals surface area contributed by atoms with Crippen molar-refractivity contribution in [3.63, 3.8) is 0 Å². The molecular weight excluding hydrogens is 400 g/mol. The fraction of sp³-hybridized carbons (Fsp3) is 0.320. The van der Waals surface area contributed by atoms with Gasteiger partial charge < -0.3 is 10.0 Å². The van der Waals surface area contributed by atoms with Crippen molar-refractivity contribution in [1.29, 1.82) is 0 Å². The van der Waals surface area contributed by atoms with Gasteiger partial charge in [0.1, 0.15) is 5.75 Å². The second-order valence-electron chi connectivity index (χ2n) is 8.83. The first-order valence-electron chi connectivity index (χ1n) is 11.0. The van der Waals surface area contributed by atoms with E-state index in [1.165, 1.54) is 0 Å². The fourth-order valence-corrected chi connectivity index (χ4v) is 4.38. The minimum atomic E-state index is 0.358. The molecule has 0 bridgehead atoms. The Labute approximate surface area is 188 Å². The molecule has 0 aliphatic carbocycles. The third-order valence-electron chi connectivity index (χ3n) is 6.18. The van der Waals surface area contributed by atoms with Gasteiger partial charge in [0.2, 0.25) is 0 Å². The highest BCUT2D eigenvalue weighted by Gasteiger charge is 2.25. The highest BCUT2D eigenvalue weighted by molar-refractivity contribution is 5.83. The zero-order valence-electron chi connectivity index (χ0n) is 18.9. The Morgan fingerprint density at radius 1 is 1.03 bits per heavy atom. The number of rotatable bonds is 3. The second-order valence-corrected chi connectivity index (χ2v) is 8.83. The van der Waals surface area contributed by atoms with Crippen LogP contribution in [0.15, 0.2) is 48.9 Å². The van der Waals surface area contributed by atoms with Crippen LogP contribution in [0.3, 0.4) is 0 Å². The predicted molar refractivity (Wildman–Crippen MR) is 127 cm³/mol. The maximum atomic E-state index is 10.8. The third-order valence-corrected chi connectivity index (χ3v) is 6.18. The summed E-state index contributed by atoms with van der Waals surface area (Å²) in [5.74, 6) is 0.358. The molecule has 5 rings (SSSR count). The Balaban J connectivity index is 1.61. The molecule has 7 nitrogen and oxygen atoms in total.